The van der Waals surface area contributed by atoms with Crippen molar-refractivity contribution in [3.63, 3.8) is 0 Å². The van der Waals surface area contributed by atoms with Crippen LogP contribution in [0.1, 0.15) is 46.8 Å². The molecule has 2 aromatic carbocycles. The Labute approximate surface area is 173 Å². The minimum Gasteiger partial charge on any atom is -0.319 e. The number of rotatable bonds is 5. The van der Waals surface area contributed by atoms with Crippen LogP contribution < -0.4 is 5.32 Å². The smallest absolute Gasteiger partial charge is 0.319 e. The minimum absolute atomic E-state index is 0.112. The maximum atomic E-state index is 13.0. The van der Waals surface area contributed by atoms with E-state index in [0.29, 0.717) is 11.1 Å². The lowest BCUT2D eigenvalue weighted by Gasteiger charge is -2.22. The first-order valence-electron chi connectivity index (χ1n) is 9.83. The number of nitrogens with zero attached hydrogens (tertiary/aromatic N) is 2. The van der Waals surface area contributed by atoms with Crippen molar-refractivity contribution in [3.8, 4) is 0 Å². The number of ketones is 1. The lowest BCUT2D eigenvalue weighted by atomic mass is 9.89. The average Bonchev–Trinajstić information content (AvgIpc) is 2.97. The highest BCUT2D eigenvalue weighted by Crippen LogP contribution is 2.30. The molecule has 8 nitrogen and oxygen atoms in total. The summed E-state index contributed by atoms with van der Waals surface area (Å²) in [6.45, 7) is 1.17. The van der Waals surface area contributed by atoms with E-state index in [1.807, 2.05) is 12.1 Å². The molecule has 1 aliphatic heterocycles. The van der Waals surface area contributed by atoms with Gasteiger partial charge in [0.05, 0.1) is 11.5 Å². The van der Waals surface area contributed by atoms with E-state index >= 15 is 0 Å². The summed E-state index contributed by atoms with van der Waals surface area (Å²) in [6.07, 6.45) is 4.16. The van der Waals surface area contributed by atoms with Crippen LogP contribution in [0.25, 0.3) is 0 Å². The predicted molar refractivity (Wildman–Crippen MR) is 108 cm³/mol. The van der Waals surface area contributed by atoms with Crippen molar-refractivity contribution in [3.05, 3.63) is 74.8 Å². The molecule has 0 radical (unpaired) electrons. The molecule has 1 fully saturated rings. The maximum Gasteiger partial charge on any atom is 0.325 e. The summed E-state index contributed by atoms with van der Waals surface area (Å²) in [7, 11) is 0. The highest BCUT2D eigenvalue weighted by Gasteiger charge is 2.49. The summed E-state index contributed by atoms with van der Waals surface area (Å²) in [5.74, 6) is -0.868. The Morgan fingerprint density at radius 2 is 1.77 bits per heavy atom. The van der Waals surface area contributed by atoms with Gasteiger partial charge in [-0.2, -0.15) is 0 Å². The number of nitro benzene ring substituents is 1. The Morgan fingerprint density at radius 1 is 1.10 bits per heavy atom. The summed E-state index contributed by atoms with van der Waals surface area (Å²) in [5, 5.41) is 13.5. The van der Waals surface area contributed by atoms with Gasteiger partial charge in [-0.1, -0.05) is 12.1 Å². The Hall–Kier alpha value is -3.55. The molecular formula is C22H21N3O5. The monoisotopic (exact) mass is 407 g/mol. The number of imide groups is 1. The molecule has 8 heteroatoms. The molecule has 2 aromatic rings. The molecule has 0 bridgehead atoms. The van der Waals surface area contributed by atoms with E-state index in [4.69, 9.17) is 0 Å². The van der Waals surface area contributed by atoms with Gasteiger partial charge in [0.1, 0.15) is 5.54 Å². The van der Waals surface area contributed by atoms with E-state index < -0.39 is 22.4 Å². The van der Waals surface area contributed by atoms with Gasteiger partial charge < -0.3 is 5.32 Å². The first kappa shape index (κ1) is 19.8. The van der Waals surface area contributed by atoms with Gasteiger partial charge in [0.2, 0.25) is 0 Å². The number of hydrogen-bond acceptors (Lipinski definition) is 5. The van der Waals surface area contributed by atoms with Crippen molar-refractivity contribution in [2.24, 2.45) is 0 Å². The van der Waals surface area contributed by atoms with E-state index in [0.717, 1.165) is 36.1 Å². The summed E-state index contributed by atoms with van der Waals surface area (Å²) < 4.78 is 0. The lowest BCUT2D eigenvalue weighted by Crippen LogP contribution is -2.41. The van der Waals surface area contributed by atoms with Crippen LogP contribution in [-0.2, 0) is 23.2 Å². The molecule has 1 atom stereocenters. The topological polar surface area (TPSA) is 110 Å². The Balaban J connectivity index is 1.54. The van der Waals surface area contributed by atoms with Gasteiger partial charge in [0.25, 0.3) is 11.6 Å². The average molecular weight is 407 g/mol. The van der Waals surface area contributed by atoms with Crippen molar-refractivity contribution >= 4 is 23.4 Å². The Kier molecular flexibility index (Phi) is 4.85. The van der Waals surface area contributed by atoms with Crippen LogP contribution in [0, 0.1) is 10.1 Å². The van der Waals surface area contributed by atoms with Crippen molar-refractivity contribution in [1.29, 1.82) is 0 Å². The van der Waals surface area contributed by atoms with Crippen LogP contribution in [-0.4, -0.2) is 34.1 Å². The number of Topliss-reactive ketones (excluding diaryl/α,β-unsaturated/α-hetero) is 1. The van der Waals surface area contributed by atoms with Crippen LogP contribution in [0.15, 0.2) is 42.5 Å². The number of hydrogen-bond donors (Lipinski definition) is 1. The molecular weight excluding hydrogens is 386 g/mol. The van der Waals surface area contributed by atoms with E-state index in [-0.39, 0.29) is 18.0 Å². The molecule has 0 aromatic heterocycles. The second-order valence-electron chi connectivity index (χ2n) is 7.86. The number of aryl methyl sites for hydroxylation is 2. The van der Waals surface area contributed by atoms with Gasteiger partial charge in [-0.05, 0) is 67.5 Å². The number of benzene rings is 2. The molecule has 4 rings (SSSR count). The van der Waals surface area contributed by atoms with Gasteiger partial charge in [0.15, 0.2) is 5.78 Å². The number of amides is 3. The maximum absolute atomic E-state index is 13.0. The molecule has 154 valence electrons. The van der Waals surface area contributed by atoms with Gasteiger partial charge >= 0.3 is 6.03 Å². The highest BCUT2D eigenvalue weighted by atomic mass is 16.6. The number of nitrogens with one attached hydrogen (secondary N) is 1. The second-order valence-corrected chi connectivity index (χ2v) is 7.86. The van der Waals surface area contributed by atoms with Gasteiger partial charge in [-0.15, -0.1) is 0 Å². The van der Waals surface area contributed by atoms with Crippen molar-refractivity contribution < 1.29 is 19.3 Å². The molecule has 2 aliphatic rings. The van der Waals surface area contributed by atoms with Crippen molar-refractivity contribution in [2.75, 3.05) is 6.54 Å². The number of non-ortho nitro benzene ring substituents is 1. The molecule has 30 heavy (non-hydrogen) atoms. The Bertz CT molecular complexity index is 1060. The molecule has 1 N–H and O–H groups in total. The molecule has 0 unspecified atom stereocenters. The SMILES string of the molecule is C[C@@]1(c2ccc([N+](=O)[O-])cc2)NC(=O)N(CC(=O)c2ccc3c(c2)CCCC3)C1=O. The normalized spacial score (nSPS) is 20.6. The third-order valence-electron chi connectivity index (χ3n) is 5.90. The second kappa shape index (κ2) is 7.37. The zero-order chi connectivity index (χ0) is 21.5. The third-order valence-corrected chi connectivity index (χ3v) is 5.90. The number of urea groups is 1. The van der Waals surface area contributed by atoms with E-state index in [1.165, 1.54) is 36.8 Å². The van der Waals surface area contributed by atoms with Crippen LogP contribution in [0.3, 0.4) is 0 Å². The zero-order valence-electron chi connectivity index (χ0n) is 16.5. The number of carbonyl (C=O) groups is 3. The fourth-order valence-corrected chi connectivity index (χ4v) is 4.09. The number of nitro groups is 1. The first-order valence-corrected chi connectivity index (χ1v) is 9.83. The number of carbonyl (C=O) groups excluding carboxylic acids is 3. The largest absolute Gasteiger partial charge is 0.325 e. The van der Waals surface area contributed by atoms with Crippen molar-refractivity contribution in [2.45, 2.75) is 38.1 Å². The highest BCUT2D eigenvalue weighted by molar-refractivity contribution is 6.11. The fraction of sp³-hybridized carbons (Fsp3) is 0.318. The molecule has 0 spiro atoms. The fourth-order valence-electron chi connectivity index (χ4n) is 4.09. The van der Waals surface area contributed by atoms with Gasteiger partial charge in [-0.25, -0.2) is 4.79 Å². The Morgan fingerprint density at radius 3 is 2.43 bits per heavy atom. The van der Waals surface area contributed by atoms with Gasteiger partial charge in [-0.3, -0.25) is 24.6 Å². The van der Waals surface area contributed by atoms with E-state index in [1.54, 1.807) is 6.07 Å². The van der Waals surface area contributed by atoms with Crippen LogP contribution in [0.5, 0.6) is 0 Å². The summed E-state index contributed by atoms with van der Waals surface area (Å²) >= 11 is 0. The quantitative estimate of drug-likeness (QED) is 0.354. The summed E-state index contributed by atoms with van der Waals surface area (Å²) in [4.78, 5) is 49.5. The molecule has 1 saturated heterocycles. The van der Waals surface area contributed by atoms with Crippen LogP contribution in [0.4, 0.5) is 10.5 Å². The third kappa shape index (κ3) is 3.34. The number of fused-ring (bicyclic) bond motifs is 1. The molecule has 3 amide bonds. The lowest BCUT2D eigenvalue weighted by molar-refractivity contribution is -0.384. The molecule has 1 aliphatic carbocycles. The molecule has 0 saturated carbocycles. The van der Waals surface area contributed by atoms with E-state index in [9.17, 15) is 24.5 Å². The first-order chi connectivity index (χ1) is 14.3. The van der Waals surface area contributed by atoms with Crippen molar-refractivity contribution in [1.82, 2.24) is 10.2 Å². The van der Waals surface area contributed by atoms with Crippen LogP contribution in [0.2, 0.25) is 0 Å². The zero-order valence-corrected chi connectivity index (χ0v) is 16.5. The predicted octanol–water partition coefficient (Wildman–Crippen LogP) is 3.12. The van der Waals surface area contributed by atoms with Gasteiger partial charge in [0, 0.05) is 17.7 Å². The summed E-state index contributed by atoms with van der Waals surface area (Å²) in [5.41, 5.74) is 1.80. The van der Waals surface area contributed by atoms with Crippen LogP contribution >= 0.6 is 0 Å². The summed E-state index contributed by atoms with van der Waals surface area (Å²) in [6, 6.07) is 10.3. The van der Waals surface area contributed by atoms with E-state index in [2.05, 4.69) is 5.32 Å². The minimum atomic E-state index is -1.39. The standard InChI is InChI=1S/C22H21N3O5/c1-22(17-8-10-18(11-9-17)25(29)30)20(27)24(21(28)23-22)13-19(26)16-7-6-14-4-2-3-5-15(14)12-16/h6-12H,2-5,13H2,1H3,(H,23,28)/t22-/m0/s1. The molecule has 1 heterocycles.